The largest absolute Gasteiger partial charge is 0.504 e. The zero-order valence-corrected chi connectivity index (χ0v) is 19.1. The summed E-state index contributed by atoms with van der Waals surface area (Å²) < 4.78 is 0. The molecule has 7 N–H and O–H groups in total. The van der Waals surface area contributed by atoms with E-state index in [0.29, 0.717) is 31.5 Å². The van der Waals surface area contributed by atoms with Gasteiger partial charge in [0.25, 0.3) is 0 Å². The summed E-state index contributed by atoms with van der Waals surface area (Å²) in [5, 5.41) is 46.4. The van der Waals surface area contributed by atoms with E-state index in [4.69, 9.17) is 0 Å². The van der Waals surface area contributed by atoms with Crippen LogP contribution in [-0.2, 0) is 16.0 Å². The van der Waals surface area contributed by atoms with Crippen molar-refractivity contribution >= 4 is 17.9 Å². The number of nitrogens with one attached hydrogen (secondary N) is 3. The van der Waals surface area contributed by atoms with Crippen LogP contribution in [0.1, 0.15) is 36.8 Å². The molecule has 0 bridgehead atoms. The van der Waals surface area contributed by atoms with Crippen molar-refractivity contribution in [1.29, 1.82) is 0 Å². The molecule has 9 heteroatoms. The first kappa shape index (κ1) is 26.5. The van der Waals surface area contributed by atoms with Crippen LogP contribution in [0.3, 0.4) is 0 Å². The van der Waals surface area contributed by atoms with Crippen LogP contribution in [0.15, 0.2) is 42.5 Å². The van der Waals surface area contributed by atoms with Gasteiger partial charge in [0, 0.05) is 25.6 Å². The number of carbonyl (C=O) groups is 2. The third-order valence-electron chi connectivity index (χ3n) is 5.04. The molecule has 0 heterocycles. The third-order valence-corrected chi connectivity index (χ3v) is 5.04. The molecule has 0 aliphatic rings. The van der Waals surface area contributed by atoms with Gasteiger partial charge < -0.3 is 36.4 Å². The molecule has 0 saturated carbocycles. The van der Waals surface area contributed by atoms with E-state index in [0.717, 1.165) is 37.9 Å². The lowest BCUT2D eigenvalue weighted by Crippen LogP contribution is -2.27. The minimum atomic E-state index is -0.233. The molecule has 0 aromatic heterocycles. The molecule has 0 saturated heterocycles. The van der Waals surface area contributed by atoms with E-state index in [9.17, 15) is 30.0 Å². The molecule has 0 fully saturated rings. The van der Waals surface area contributed by atoms with Gasteiger partial charge in [0.2, 0.25) is 11.8 Å². The van der Waals surface area contributed by atoms with E-state index >= 15 is 0 Å². The number of aromatic hydroxyl groups is 4. The second-order valence-electron chi connectivity index (χ2n) is 7.86. The Balaban J connectivity index is 1.43. The number of hydrogen-bond donors (Lipinski definition) is 7. The number of amides is 2. The minimum Gasteiger partial charge on any atom is -0.504 e. The zero-order valence-electron chi connectivity index (χ0n) is 19.1. The predicted molar refractivity (Wildman–Crippen MR) is 130 cm³/mol. The Morgan fingerprint density at radius 1 is 0.735 bits per heavy atom. The van der Waals surface area contributed by atoms with Gasteiger partial charge in [0.15, 0.2) is 23.0 Å². The normalized spacial score (nSPS) is 10.9. The lowest BCUT2D eigenvalue weighted by molar-refractivity contribution is -0.121. The van der Waals surface area contributed by atoms with E-state index in [1.54, 1.807) is 18.2 Å². The van der Waals surface area contributed by atoms with Crippen LogP contribution in [0.4, 0.5) is 0 Å². The van der Waals surface area contributed by atoms with E-state index in [1.165, 1.54) is 30.3 Å². The molecule has 2 aromatic carbocycles. The molecule has 0 radical (unpaired) electrons. The summed E-state index contributed by atoms with van der Waals surface area (Å²) in [5.41, 5.74) is 1.40. The maximum absolute atomic E-state index is 11.9. The fraction of sp³-hybridized carbons (Fsp3) is 0.360. The first-order valence-corrected chi connectivity index (χ1v) is 11.3. The van der Waals surface area contributed by atoms with Crippen LogP contribution in [0.25, 0.3) is 6.08 Å². The van der Waals surface area contributed by atoms with Gasteiger partial charge in [-0.25, -0.2) is 0 Å². The number of unbranched alkanes of at least 4 members (excludes halogenated alkanes) is 1. The maximum Gasteiger partial charge on any atom is 0.243 e. The second-order valence-corrected chi connectivity index (χ2v) is 7.86. The Labute approximate surface area is 199 Å². The summed E-state index contributed by atoms with van der Waals surface area (Å²) >= 11 is 0. The number of rotatable bonds is 14. The van der Waals surface area contributed by atoms with Crippen molar-refractivity contribution in [3.63, 3.8) is 0 Å². The van der Waals surface area contributed by atoms with Crippen molar-refractivity contribution < 1.29 is 30.0 Å². The molecule has 0 atom stereocenters. The van der Waals surface area contributed by atoms with E-state index in [-0.39, 0.29) is 34.8 Å². The summed E-state index contributed by atoms with van der Waals surface area (Å²) in [6.45, 7) is 2.72. The Morgan fingerprint density at radius 3 is 2.12 bits per heavy atom. The van der Waals surface area contributed by atoms with Crippen molar-refractivity contribution in [3.05, 3.63) is 53.6 Å². The molecule has 0 aliphatic carbocycles. The topological polar surface area (TPSA) is 151 Å². The average Bonchev–Trinajstić information content (AvgIpc) is 2.81. The van der Waals surface area contributed by atoms with Crippen LogP contribution in [0.5, 0.6) is 23.0 Å². The molecule has 34 heavy (non-hydrogen) atoms. The van der Waals surface area contributed by atoms with Gasteiger partial charge in [-0.1, -0.05) is 12.1 Å². The van der Waals surface area contributed by atoms with Gasteiger partial charge in [-0.05, 0) is 80.2 Å². The van der Waals surface area contributed by atoms with Crippen molar-refractivity contribution in [2.75, 3.05) is 26.2 Å². The van der Waals surface area contributed by atoms with Gasteiger partial charge in [0.1, 0.15) is 0 Å². The van der Waals surface area contributed by atoms with Crippen molar-refractivity contribution in [2.45, 2.75) is 32.1 Å². The number of hydrogen-bond acceptors (Lipinski definition) is 7. The van der Waals surface area contributed by atoms with Crippen molar-refractivity contribution in [3.8, 4) is 23.0 Å². The molecule has 0 aliphatic heterocycles. The molecule has 9 nitrogen and oxygen atoms in total. The van der Waals surface area contributed by atoms with E-state index in [1.807, 2.05) is 0 Å². The van der Waals surface area contributed by atoms with E-state index < -0.39 is 0 Å². The second kappa shape index (κ2) is 14.4. The molecule has 2 aromatic rings. The highest BCUT2D eigenvalue weighted by Crippen LogP contribution is 2.26. The van der Waals surface area contributed by atoms with Crippen LogP contribution < -0.4 is 16.0 Å². The lowest BCUT2D eigenvalue weighted by atomic mass is 10.1. The Bertz CT molecular complexity index is 977. The summed E-state index contributed by atoms with van der Waals surface area (Å²) in [7, 11) is 0. The molecule has 0 unspecified atom stereocenters. The summed E-state index contributed by atoms with van der Waals surface area (Å²) in [6.07, 6.45) is 6.30. The van der Waals surface area contributed by atoms with E-state index in [2.05, 4.69) is 16.0 Å². The van der Waals surface area contributed by atoms with Gasteiger partial charge in [-0.3, -0.25) is 9.59 Å². The fourth-order valence-corrected chi connectivity index (χ4v) is 3.10. The third kappa shape index (κ3) is 10.3. The first-order valence-electron chi connectivity index (χ1n) is 11.3. The van der Waals surface area contributed by atoms with Crippen molar-refractivity contribution in [1.82, 2.24) is 16.0 Å². The standard InChI is InChI=1S/C25H33N3O6/c29-20-8-4-18(16-22(20)31)6-10-24(33)27-14-2-1-12-26-13-3-15-28-25(34)11-7-19-5-9-21(30)23(32)17-19/h4-5,7-9,11,16-17,26,29-32H,1-3,6,10,12-15H2,(H,27,33)(H,28,34)/b11-7+. The number of carbonyl (C=O) groups excluding carboxylic acids is 2. The summed E-state index contributed by atoms with van der Waals surface area (Å²) in [5.74, 6) is -1.07. The number of aryl methyl sites for hydroxylation is 1. The summed E-state index contributed by atoms with van der Waals surface area (Å²) in [4.78, 5) is 23.7. The first-order chi connectivity index (χ1) is 16.3. The van der Waals surface area contributed by atoms with Gasteiger partial charge >= 0.3 is 0 Å². The summed E-state index contributed by atoms with van der Waals surface area (Å²) in [6, 6.07) is 8.88. The van der Waals surface area contributed by atoms with Crippen LogP contribution in [0.2, 0.25) is 0 Å². The molecule has 2 rings (SSSR count). The fourth-order valence-electron chi connectivity index (χ4n) is 3.10. The molecular weight excluding hydrogens is 438 g/mol. The number of benzene rings is 2. The molecule has 0 spiro atoms. The SMILES string of the molecule is O=C(/C=C/c1ccc(O)c(O)c1)NCCCNCCCCNC(=O)CCc1ccc(O)c(O)c1. The van der Waals surface area contributed by atoms with Gasteiger partial charge in [0.05, 0.1) is 0 Å². The molecule has 184 valence electrons. The molecule has 2 amide bonds. The predicted octanol–water partition coefficient (Wildman–Crippen LogP) is 2.15. The minimum absolute atomic E-state index is 0.0486. The van der Waals surface area contributed by atoms with Crippen LogP contribution >= 0.6 is 0 Å². The highest BCUT2D eigenvalue weighted by atomic mass is 16.3. The van der Waals surface area contributed by atoms with Crippen molar-refractivity contribution in [2.24, 2.45) is 0 Å². The van der Waals surface area contributed by atoms with Crippen LogP contribution in [-0.4, -0.2) is 58.4 Å². The molecular formula is C25H33N3O6. The quantitative estimate of drug-likeness (QED) is 0.127. The Kier molecular flexibility index (Phi) is 11.3. The number of phenols is 4. The lowest BCUT2D eigenvalue weighted by Gasteiger charge is -2.07. The smallest absolute Gasteiger partial charge is 0.243 e. The van der Waals surface area contributed by atoms with Gasteiger partial charge in [-0.15, -0.1) is 0 Å². The van der Waals surface area contributed by atoms with Gasteiger partial charge in [-0.2, -0.15) is 0 Å². The average molecular weight is 472 g/mol. The highest BCUT2D eigenvalue weighted by molar-refractivity contribution is 5.91. The number of phenolic OH excluding ortho intramolecular Hbond substituents is 4. The monoisotopic (exact) mass is 471 g/mol. The zero-order chi connectivity index (χ0) is 24.8. The highest BCUT2D eigenvalue weighted by Gasteiger charge is 2.05. The maximum atomic E-state index is 11.9. The Morgan fingerprint density at radius 2 is 1.38 bits per heavy atom. The Hall–Kier alpha value is -3.72. The van der Waals surface area contributed by atoms with Crippen LogP contribution in [0, 0.1) is 0 Å².